The van der Waals surface area contributed by atoms with Gasteiger partial charge in [0.25, 0.3) is 0 Å². The molecule has 43 heteroatoms. The summed E-state index contributed by atoms with van der Waals surface area (Å²) in [6, 6.07) is 0. The standard InChI is InChI=1S/C36H62O38S5/c1-7-57-13-15-17(70-75(42,43)44)21(28(61-11-5)34(63-15)67-22-19(59-9-3)27(73-78(51,52)53)33(41)65-25(22)31(37)38)66-36-30(74-79(54,55)56)20(60-10-4)23(26(69-36)32(39)40)68-35-29(62-12-6)24(72-77(48,49)50)18(71-76(45,46)47)16(64-35)14-58-8-2/h15-30,33-36,41H,7-14H2,1-6H3,(H,37,38)(H,39,40)(H,42,43,44)(H,45,46,47)(H,48,49,50)(H,51,52,53)(H,54,55,56)/t15-,16-,17+,18+,19+,20+,21+,22+,23+,24+,25-,26-,27-,28-,29-,30-,33-,34+,35+,36-/m1/s1. The summed E-state index contributed by atoms with van der Waals surface area (Å²) in [6.45, 7) is 3.91. The Morgan fingerprint density at radius 3 is 1.05 bits per heavy atom. The molecular weight excluding hydrogens is 1200 g/mol. The first-order valence-electron chi connectivity index (χ1n) is 23.2. The van der Waals surface area contributed by atoms with E-state index in [2.05, 4.69) is 8.37 Å². The average molecular weight is 1260 g/mol. The van der Waals surface area contributed by atoms with Crippen LogP contribution in [0.3, 0.4) is 0 Å². The molecule has 0 bridgehead atoms. The number of ether oxygens (including phenoxy) is 13. The van der Waals surface area contributed by atoms with Gasteiger partial charge in [-0.15, -0.1) is 0 Å². The van der Waals surface area contributed by atoms with Gasteiger partial charge in [-0.2, -0.15) is 42.1 Å². The molecule has 79 heavy (non-hydrogen) atoms. The van der Waals surface area contributed by atoms with Crippen molar-refractivity contribution >= 4 is 63.9 Å². The van der Waals surface area contributed by atoms with Crippen molar-refractivity contribution in [3.05, 3.63) is 0 Å². The van der Waals surface area contributed by atoms with Crippen molar-refractivity contribution in [1.82, 2.24) is 0 Å². The zero-order chi connectivity index (χ0) is 59.6. The third-order valence-electron chi connectivity index (χ3n) is 11.1. The van der Waals surface area contributed by atoms with Crippen LogP contribution >= 0.6 is 0 Å². The Morgan fingerprint density at radius 2 is 0.671 bits per heavy atom. The van der Waals surface area contributed by atoms with Gasteiger partial charge in [-0.1, -0.05) is 0 Å². The first-order valence-corrected chi connectivity index (χ1v) is 30.1. The van der Waals surface area contributed by atoms with Gasteiger partial charge in [0.1, 0.15) is 73.2 Å². The number of aliphatic carboxylic acids is 2. The maximum absolute atomic E-state index is 13.4. The van der Waals surface area contributed by atoms with Crippen LogP contribution in [0.25, 0.3) is 0 Å². The fraction of sp³-hybridized carbons (Fsp3) is 0.944. The highest BCUT2D eigenvalue weighted by atomic mass is 32.3. The van der Waals surface area contributed by atoms with E-state index in [1.807, 2.05) is 0 Å². The molecule has 0 amide bonds. The summed E-state index contributed by atoms with van der Waals surface area (Å²) in [5, 5.41) is 31.7. The summed E-state index contributed by atoms with van der Waals surface area (Å²) in [5.41, 5.74) is 0. The molecule has 38 nitrogen and oxygen atoms in total. The molecule has 464 valence electrons. The van der Waals surface area contributed by atoms with E-state index in [1.54, 1.807) is 0 Å². The molecule has 4 aliphatic heterocycles. The number of carbonyl (C=O) groups is 2. The molecule has 0 spiro atoms. The minimum absolute atomic E-state index is 0.169. The summed E-state index contributed by atoms with van der Waals surface area (Å²) in [4.78, 5) is 26.1. The van der Waals surface area contributed by atoms with E-state index in [-0.39, 0.29) is 13.2 Å². The molecule has 0 saturated carbocycles. The highest BCUT2D eigenvalue weighted by Crippen LogP contribution is 2.40. The Labute approximate surface area is 451 Å². The van der Waals surface area contributed by atoms with Crippen LogP contribution < -0.4 is 0 Å². The molecule has 0 aromatic rings. The number of hydrogen-bond donors (Lipinski definition) is 8. The third kappa shape index (κ3) is 20.2. The number of carboxylic acid groups (broad SMARTS) is 2. The second-order valence-corrected chi connectivity index (χ2v) is 21.6. The molecule has 20 atom stereocenters. The largest absolute Gasteiger partial charge is 0.479 e. The van der Waals surface area contributed by atoms with Gasteiger partial charge in [0.05, 0.1) is 13.2 Å². The van der Waals surface area contributed by atoms with Crippen LogP contribution in [0.4, 0.5) is 0 Å². The van der Waals surface area contributed by atoms with E-state index in [1.165, 1.54) is 41.5 Å². The predicted molar refractivity (Wildman–Crippen MR) is 244 cm³/mol. The molecule has 4 fully saturated rings. The Hall–Kier alpha value is -2.27. The van der Waals surface area contributed by atoms with E-state index in [9.17, 15) is 89.8 Å². The fourth-order valence-electron chi connectivity index (χ4n) is 8.52. The topological polar surface area (TPSA) is 533 Å². The lowest BCUT2D eigenvalue weighted by Gasteiger charge is -2.51. The molecule has 4 aliphatic rings. The van der Waals surface area contributed by atoms with Crippen molar-refractivity contribution < 1.29 is 172 Å². The Bertz CT molecular complexity index is 2540. The molecular formula is C36H62O38S5. The molecule has 0 aliphatic carbocycles. The SMILES string of the molecule is CCOC[C@H]1O[C@@H](O[C@H]2[C@H](OCC)[C@@H](OS(=O)(=O)O)[C@H](O)O[C@H]2C(=O)O)[C@H](OCC)[C@@H](O[C@@H]2O[C@@H](C(=O)O)[C@@H](O[C@@H]3O[C@H](COCC)[C@H](OS(=O)(=O)O)[C@H](OS(=O)(=O)O)[C@H]3OCC)[C@H](OCC)[C@H]2OS(=O)(=O)O)[C@H]1OS(=O)(=O)O. The molecule has 0 unspecified atom stereocenters. The van der Waals surface area contributed by atoms with E-state index in [4.69, 9.17) is 74.1 Å². The summed E-state index contributed by atoms with van der Waals surface area (Å²) < 4.78 is 271. The van der Waals surface area contributed by atoms with Gasteiger partial charge in [-0.3, -0.25) is 22.8 Å². The van der Waals surface area contributed by atoms with Crippen molar-refractivity contribution in [2.75, 3.05) is 52.9 Å². The van der Waals surface area contributed by atoms with Gasteiger partial charge in [0.2, 0.25) is 0 Å². The summed E-state index contributed by atoms with van der Waals surface area (Å²) in [6.07, 6.45) is -46.6. The van der Waals surface area contributed by atoms with Gasteiger partial charge in [0.15, 0.2) is 49.6 Å². The molecule has 4 saturated heterocycles. The number of rotatable bonds is 32. The number of hydrogen-bond acceptors (Lipinski definition) is 31. The molecule has 4 heterocycles. The van der Waals surface area contributed by atoms with Crippen LogP contribution in [-0.4, -0.2) is 268 Å². The minimum atomic E-state index is -5.87. The van der Waals surface area contributed by atoms with Crippen LogP contribution in [0.5, 0.6) is 0 Å². The zero-order valence-corrected chi connectivity index (χ0v) is 46.2. The van der Waals surface area contributed by atoms with Crippen LogP contribution in [0.15, 0.2) is 0 Å². The molecule has 8 N–H and O–H groups in total. The summed E-state index contributed by atoms with van der Waals surface area (Å²) in [5.74, 6) is -4.02. The van der Waals surface area contributed by atoms with Crippen LogP contribution in [0.2, 0.25) is 0 Å². The highest BCUT2D eigenvalue weighted by Gasteiger charge is 2.62. The molecule has 0 radical (unpaired) electrons. The van der Waals surface area contributed by atoms with E-state index < -0.39 is 226 Å². The minimum Gasteiger partial charge on any atom is -0.479 e. The van der Waals surface area contributed by atoms with Gasteiger partial charge < -0.3 is 76.9 Å². The van der Waals surface area contributed by atoms with Crippen LogP contribution in [0, 0.1) is 0 Å². The molecule has 0 aromatic heterocycles. The number of carboxylic acids is 2. The second-order valence-electron chi connectivity index (χ2n) is 16.4. The van der Waals surface area contributed by atoms with Crippen molar-refractivity contribution in [1.29, 1.82) is 0 Å². The van der Waals surface area contributed by atoms with Crippen molar-refractivity contribution in [2.45, 2.75) is 164 Å². The molecule has 4 rings (SSSR count). The zero-order valence-electron chi connectivity index (χ0n) is 42.1. The van der Waals surface area contributed by atoms with Crippen molar-refractivity contribution in [3.8, 4) is 0 Å². The fourth-order valence-corrected chi connectivity index (χ4v) is 11.0. The lowest BCUT2D eigenvalue weighted by molar-refractivity contribution is -0.386. The lowest BCUT2D eigenvalue weighted by atomic mass is 9.95. The average Bonchev–Trinajstić information content (AvgIpc) is 3.30. The van der Waals surface area contributed by atoms with Gasteiger partial charge in [-0.25, -0.2) is 30.5 Å². The Morgan fingerprint density at radius 1 is 0.367 bits per heavy atom. The van der Waals surface area contributed by atoms with Gasteiger partial charge in [0, 0.05) is 39.6 Å². The predicted octanol–water partition coefficient (Wildman–Crippen LogP) is -4.16. The summed E-state index contributed by atoms with van der Waals surface area (Å²) >= 11 is 0. The van der Waals surface area contributed by atoms with Crippen molar-refractivity contribution in [3.63, 3.8) is 0 Å². The number of aliphatic hydroxyl groups excluding tert-OH is 1. The first-order chi connectivity index (χ1) is 36.6. The third-order valence-corrected chi connectivity index (χ3v) is 13.5. The van der Waals surface area contributed by atoms with E-state index >= 15 is 0 Å². The summed E-state index contributed by atoms with van der Waals surface area (Å²) in [7, 11) is -28.4. The van der Waals surface area contributed by atoms with Crippen LogP contribution in [-0.2, 0) is 144 Å². The smallest absolute Gasteiger partial charge is 0.397 e. The highest BCUT2D eigenvalue weighted by molar-refractivity contribution is 7.81. The van der Waals surface area contributed by atoms with Crippen molar-refractivity contribution in [2.24, 2.45) is 0 Å². The Kier molecular flexibility index (Phi) is 25.9. The maximum atomic E-state index is 13.4. The number of aliphatic hydroxyl groups is 1. The normalized spacial score (nSPS) is 36.2. The second kappa shape index (κ2) is 29.5. The van der Waals surface area contributed by atoms with E-state index in [0.717, 1.165) is 0 Å². The van der Waals surface area contributed by atoms with Crippen LogP contribution in [0.1, 0.15) is 41.5 Å². The Balaban J connectivity index is 1.96. The maximum Gasteiger partial charge on any atom is 0.397 e. The molecule has 0 aromatic carbocycles. The van der Waals surface area contributed by atoms with E-state index in [0.29, 0.717) is 0 Å². The van der Waals surface area contributed by atoms with Gasteiger partial charge >= 0.3 is 63.9 Å². The van der Waals surface area contributed by atoms with Gasteiger partial charge in [-0.05, 0) is 41.5 Å². The monoisotopic (exact) mass is 1260 g/mol. The quantitative estimate of drug-likeness (QED) is 0.0296. The first kappa shape index (κ1) is 69.2. The lowest BCUT2D eigenvalue weighted by Crippen LogP contribution is -2.70.